The number of carbonyl (C=O) groups excluding carboxylic acids is 1. The Hall–Kier alpha value is -1.38. The van der Waals surface area contributed by atoms with Crippen molar-refractivity contribution < 1.29 is 9.53 Å². The molecule has 0 unspecified atom stereocenters. The van der Waals surface area contributed by atoms with Crippen LogP contribution in [-0.4, -0.2) is 16.6 Å². The zero-order chi connectivity index (χ0) is 13.3. The molecule has 3 heteroatoms. The van der Waals surface area contributed by atoms with Crippen LogP contribution >= 0.6 is 0 Å². The van der Waals surface area contributed by atoms with Crippen LogP contribution in [-0.2, 0) is 10.2 Å². The highest BCUT2D eigenvalue weighted by Crippen LogP contribution is 2.21. The maximum atomic E-state index is 11.9. The van der Waals surface area contributed by atoms with Gasteiger partial charge in [0, 0.05) is 17.3 Å². The van der Waals surface area contributed by atoms with Gasteiger partial charge in [0.15, 0.2) is 0 Å². The summed E-state index contributed by atoms with van der Waals surface area (Å²) in [7, 11) is 0. The van der Waals surface area contributed by atoms with E-state index in [0.29, 0.717) is 5.56 Å². The predicted molar refractivity (Wildman–Crippen MR) is 68.1 cm³/mol. The summed E-state index contributed by atoms with van der Waals surface area (Å²) in [5.41, 5.74) is 0.904. The van der Waals surface area contributed by atoms with E-state index in [9.17, 15) is 4.79 Å². The fourth-order valence-corrected chi connectivity index (χ4v) is 1.30. The number of rotatable bonds is 1. The van der Waals surface area contributed by atoms with Gasteiger partial charge in [-0.1, -0.05) is 20.8 Å². The summed E-state index contributed by atoms with van der Waals surface area (Å²) in [4.78, 5) is 16.2. The molecule has 0 spiro atoms. The molecular formula is C14H21NO2. The van der Waals surface area contributed by atoms with Crippen molar-refractivity contribution in [1.82, 2.24) is 4.98 Å². The molecule has 0 aliphatic carbocycles. The Morgan fingerprint density at radius 2 is 1.76 bits per heavy atom. The number of nitrogens with zero attached hydrogens (tertiary/aromatic N) is 1. The molecular weight excluding hydrogens is 214 g/mol. The zero-order valence-corrected chi connectivity index (χ0v) is 11.5. The fraction of sp³-hybridized carbons (Fsp3) is 0.571. The smallest absolute Gasteiger partial charge is 0.338 e. The molecule has 0 amide bonds. The second-order valence-corrected chi connectivity index (χ2v) is 6.18. The van der Waals surface area contributed by atoms with Gasteiger partial charge in [0.05, 0.1) is 5.56 Å². The number of ether oxygens (including phenoxy) is 1. The molecule has 0 aromatic carbocycles. The lowest BCUT2D eigenvalue weighted by atomic mass is 9.91. The number of pyridine rings is 1. The minimum atomic E-state index is -0.470. The minimum absolute atomic E-state index is 0.0714. The van der Waals surface area contributed by atoms with Gasteiger partial charge in [0.25, 0.3) is 0 Å². The second kappa shape index (κ2) is 4.47. The number of hydrogen-bond donors (Lipinski definition) is 0. The van der Waals surface area contributed by atoms with Crippen LogP contribution in [0.3, 0.4) is 0 Å². The third kappa shape index (κ3) is 4.17. The first-order valence-corrected chi connectivity index (χ1v) is 5.79. The number of aromatic nitrogens is 1. The molecule has 1 heterocycles. The lowest BCUT2D eigenvalue weighted by molar-refractivity contribution is 0.00692. The largest absolute Gasteiger partial charge is 0.456 e. The molecule has 1 aromatic heterocycles. The van der Waals surface area contributed by atoms with Crippen molar-refractivity contribution in [2.75, 3.05) is 0 Å². The van der Waals surface area contributed by atoms with Gasteiger partial charge in [-0.2, -0.15) is 0 Å². The average Bonchev–Trinajstić information content (AvgIpc) is 2.14. The molecule has 0 aliphatic heterocycles. The van der Waals surface area contributed by atoms with Crippen molar-refractivity contribution in [1.29, 1.82) is 0 Å². The molecule has 0 radical (unpaired) electrons. The van der Waals surface area contributed by atoms with E-state index in [1.807, 2.05) is 20.8 Å². The summed E-state index contributed by atoms with van der Waals surface area (Å²) in [6, 6.07) is 3.48. The average molecular weight is 235 g/mol. The van der Waals surface area contributed by atoms with E-state index < -0.39 is 5.60 Å². The summed E-state index contributed by atoms with van der Waals surface area (Å²) in [5, 5.41) is 0. The van der Waals surface area contributed by atoms with E-state index in [0.717, 1.165) is 5.69 Å². The predicted octanol–water partition coefficient (Wildman–Crippen LogP) is 3.33. The molecule has 0 aliphatic rings. The molecule has 0 fully saturated rings. The quantitative estimate of drug-likeness (QED) is 0.701. The SMILES string of the molecule is CC(C)(C)OC(=O)c1ccnc(C(C)(C)C)c1. The van der Waals surface area contributed by atoms with Crippen molar-refractivity contribution in [3.63, 3.8) is 0 Å². The fourth-order valence-electron chi connectivity index (χ4n) is 1.30. The topological polar surface area (TPSA) is 39.2 Å². The van der Waals surface area contributed by atoms with Crippen LogP contribution in [0, 0.1) is 0 Å². The zero-order valence-electron chi connectivity index (χ0n) is 11.5. The van der Waals surface area contributed by atoms with E-state index in [4.69, 9.17) is 4.74 Å². The van der Waals surface area contributed by atoms with Gasteiger partial charge in [-0.15, -0.1) is 0 Å². The first-order valence-electron chi connectivity index (χ1n) is 5.79. The van der Waals surface area contributed by atoms with Crippen molar-refractivity contribution in [2.45, 2.75) is 52.6 Å². The highest BCUT2D eigenvalue weighted by Gasteiger charge is 2.21. The van der Waals surface area contributed by atoms with Gasteiger partial charge in [0.2, 0.25) is 0 Å². The Kier molecular flexibility index (Phi) is 3.60. The van der Waals surface area contributed by atoms with Gasteiger partial charge in [-0.25, -0.2) is 4.79 Å². The lowest BCUT2D eigenvalue weighted by Crippen LogP contribution is -2.24. The van der Waals surface area contributed by atoms with Crippen LogP contribution in [0.25, 0.3) is 0 Å². The molecule has 3 nitrogen and oxygen atoms in total. The highest BCUT2D eigenvalue weighted by atomic mass is 16.6. The monoisotopic (exact) mass is 235 g/mol. The van der Waals surface area contributed by atoms with E-state index in [1.165, 1.54) is 0 Å². The first kappa shape index (κ1) is 13.7. The van der Waals surface area contributed by atoms with Gasteiger partial charge in [-0.05, 0) is 32.9 Å². The molecule has 0 atom stereocenters. The molecule has 94 valence electrons. The highest BCUT2D eigenvalue weighted by molar-refractivity contribution is 5.89. The normalized spacial score (nSPS) is 12.4. The molecule has 17 heavy (non-hydrogen) atoms. The van der Waals surface area contributed by atoms with Gasteiger partial charge >= 0.3 is 5.97 Å². The standard InChI is InChI=1S/C14H21NO2/c1-13(2,3)11-9-10(7-8-15-11)12(16)17-14(4,5)6/h7-9H,1-6H3. The Labute approximate surface area is 103 Å². The van der Waals surface area contributed by atoms with E-state index in [1.54, 1.807) is 18.3 Å². The third-order valence-electron chi connectivity index (χ3n) is 2.16. The van der Waals surface area contributed by atoms with Gasteiger partial charge in [-0.3, -0.25) is 4.98 Å². The van der Waals surface area contributed by atoms with E-state index >= 15 is 0 Å². The van der Waals surface area contributed by atoms with Crippen LogP contribution in [0.5, 0.6) is 0 Å². The summed E-state index contributed by atoms with van der Waals surface area (Å²) >= 11 is 0. The summed E-state index contributed by atoms with van der Waals surface area (Å²) in [6.45, 7) is 11.8. The van der Waals surface area contributed by atoms with E-state index in [2.05, 4.69) is 25.8 Å². The van der Waals surface area contributed by atoms with E-state index in [-0.39, 0.29) is 11.4 Å². The summed E-state index contributed by atoms with van der Waals surface area (Å²) in [6.07, 6.45) is 1.65. The van der Waals surface area contributed by atoms with Crippen molar-refractivity contribution in [3.8, 4) is 0 Å². The van der Waals surface area contributed by atoms with Crippen LogP contribution in [0.4, 0.5) is 0 Å². The maximum Gasteiger partial charge on any atom is 0.338 e. The van der Waals surface area contributed by atoms with Crippen molar-refractivity contribution >= 4 is 5.97 Å². The lowest BCUT2D eigenvalue weighted by Gasteiger charge is -2.21. The molecule has 0 saturated heterocycles. The molecule has 1 rings (SSSR count). The Morgan fingerprint density at radius 1 is 1.18 bits per heavy atom. The Balaban J connectivity index is 2.97. The number of esters is 1. The minimum Gasteiger partial charge on any atom is -0.456 e. The van der Waals surface area contributed by atoms with Crippen LogP contribution < -0.4 is 0 Å². The van der Waals surface area contributed by atoms with Gasteiger partial charge in [0.1, 0.15) is 5.60 Å². The molecule has 1 aromatic rings. The Morgan fingerprint density at radius 3 is 2.24 bits per heavy atom. The molecule has 0 bridgehead atoms. The molecule has 0 saturated carbocycles. The van der Waals surface area contributed by atoms with Gasteiger partial charge < -0.3 is 4.74 Å². The summed E-state index contributed by atoms with van der Waals surface area (Å²) < 4.78 is 5.32. The summed E-state index contributed by atoms with van der Waals surface area (Å²) in [5.74, 6) is -0.301. The first-order chi connectivity index (χ1) is 7.59. The van der Waals surface area contributed by atoms with Crippen molar-refractivity contribution in [2.24, 2.45) is 0 Å². The number of hydrogen-bond acceptors (Lipinski definition) is 3. The Bertz CT molecular complexity index is 411. The van der Waals surface area contributed by atoms with Crippen molar-refractivity contribution in [3.05, 3.63) is 29.6 Å². The number of carbonyl (C=O) groups is 1. The van der Waals surface area contributed by atoms with Crippen LogP contribution in [0.2, 0.25) is 0 Å². The molecule has 0 N–H and O–H groups in total. The maximum absolute atomic E-state index is 11.9. The van der Waals surface area contributed by atoms with Crippen LogP contribution in [0.15, 0.2) is 18.3 Å². The second-order valence-electron chi connectivity index (χ2n) is 6.18. The van der Waals surface area contributed by atoms with Crippen LogP contribution in [0.1, 0.15) is 57.6 Å². The third-order valence-corrected chi connectivity index (χ3v) is 2.16.